The Bertz CT molecular complexity index is 179. The summed E-state index contributed by atoms with van der Waals surface area (Å²) in [5.41, 5.74) is 0. The molecule has 0 aliphatic heterocycles. The maximum absolute atomic E-state index is 8.93. The van der Waals surface area contributed by atoms with Crippen molar-refractivity contribution >= 4 is 12.4 Å². The fourth-order valence-electron chi connectivity index (χ4n) is 0.696. The van der Waals surface area contributed by atoms with Crippen LogP contribution < -0.4 is 0 Å². The smallest absolute Gasteiger partial charge is 0.0949 e. The second-order valence-corrected chi connectivity index (χ2v) is 2.10. The number of hydrogen-bond donors (Lipinski definition) is 2. The number of rotatable bonds is 3. The second kappa shape index (κ2) is 5.12. The van der Waals surface area contributed by atoms with Gasteiger partial charge in [0.05, 0.1) is 25.6 Å². The Kier molecular flexibility index (Phi) is 4.85. The molecule has 64 valence electrons. The Balaban J connectivity index is 0.000001000. The topological polar surface area (TPSA) is 58.3 Å². The van der Waals surface area contributed by atoms with Crippen molar-refractivity contribution in [2.24, 2.45) is 0 Å². The first-order valence-electron chi connectivity index (χ1n) is 3.07. The quantitative estimate of drug-likeness (QED) is 0.666. The van der Waals surface area contributed by atoms with Crippen LogP contribution in [0.2, 0.25) is 0 Å². The third-order valence-electron chi connectivity index (χ3n) is 1.19. The maximum Gasteiger partial charge on any atom is 0.0949 e. The van der Waals surface area contributed by atoms with Crippen LogP contribution in [0.3, 0.4) is 0 Å². The molecule has 0 fully saturated rings. The van der Waals surface area contributed by atoms with Crippen LogP contribution in [0.25, 0.3) is 0 Å². The fraction of sp³-hybridized carbons (Fsp3) is 0.500. The van der Waals surface area contributed by atoms with Gasteiger partial charge >= 0.3 is 0 Å². The van der Waals surface area contributed by atoms with Crippen molar-refractivity contribution in [2.75, 3.05) is 6.61 Å². The predicted octanol–water partition coefficient (Wildman–Crippen LogP) is -0.342. The average molecular weight is 179 g/mol. The van der Waals surface area contributed by atoms with E-state index < -0.39 is 6.10 Å². The van der Waals surface area contributed by atoms with E-state index in [1.54, 1.807) is 23.3 Å². The van der Waals surface area contributed by atoms with Crippen LogP contribution in [-0.4, -0.2) is 32.5 Å². The van der Waals surface area contributed by atoms with Gasteiger partial charge in [-0.25, -0.2) is 4.98 Å². The molecule has 5 heteroatoms. The lowest BCUT2D eigenvalue weighted by atomic mass is 10.4. The predicted molar refractivity (Wildman–Crippen MR) is 42.6 cm³/mol. The Morgan fingerprint density at radius 2 is 2.27 bits per heavy atom. The number of halogens is 1. The molecule has 1 heterocycles. The molecule has 0 bridgehead atoms. The summed E-state index contributed by atoms with van der Waals surface area (Å²) >= 11 is 0. The van der Waals surface area contributed by atoms with Crippen molar-refractivity contribution in [1.82, 2.24) is 9.55 Å². The number of aromatic nitrogens is 2. The van der Waals surface area contributed by atoms with E-state index in [1.165, 1.54) is 0 Å². The van der Waals surface area contributed by atoms with E-state index in [9.17, 15) is 0 Å². The van der Waals surface area contributed by atoms with Gasteiger partial charge in [0.1, 0.15) is 0 Å². The van der Waals surface area contributed by atoms with Crippen LogP contribution in [0.5, 0.6) is 0 Å². The number of nitrogens with zero attached hydrogens (tertiary/aromatic N) is 2. The molecule has 0 amide bonds. The maximum atomic E-state index is 8.93. The third-order valence-corrected chi connectivity index (χ3v) is 1.19. The Hall–Kier alpha value is -0.580. The molecule has 0 saturated heterocycles. The van der Waals surface area contributed by atoms with E-state index in [2.05, 4.69) is 4.98 Å². The molecule has 0 radical (unpaired) electrons. The standard InChI is InChI=1S/C6H10N2O2.ClH/c9-4-6(10)3-8-2-1-7-5-8;/h1-2,5-6,9-10H,3-4H2;1H/t6-;/m0./s1. The van der Waals surface area contributed by atoms with Crippen LogP contribution in [0.1, 0.15) is 0 Å². The SMILES string of the molecule is Cl.OC[C@@H](O)Cn1ccnc1. The minimum Gasteiger partial charge on any atom is -0.394 e. The Morgan fingerprint density at radius 3 is 2.73 bits per heavy atom. The van der Waals surface area contributed by atoms with E-state index in [1.807, 2.05) is 0 Å². The monoisotopic (exact) mass is 178 g/mol. The molecule has 0 aliphatic rings. The molecule has 0 saturated carbocycles. The van der Waals surface area contributed by atoms with Crippen molar-refractivity contribution in [1.29, 1.82) is 0 Å². The van der Waals surface area contributed by atoms with Gasteiger partial charge in [0, 0.05) is 12.4 Å². The average Bonchev–Trinajstić information content (AvgIpc) is 2.40. The highest BCUT2D eigenvalue weighted by Gasteiger charge is 2.00. The molecule has 0 aliphatic carbocycles. The largest absolute Gasteiger partial charge is 0.394 e. The first kappa shape index (κ1) is 10.4. The first-order valence-corrected chi connectivity index (χ1v) is 3.07. The van der Waals surface area contributed by atoms with Gasteiger partial charge in [-0.05, 0) is 0 Å². The summed E-state index contributed by atoms with van der Waals surface area (Å²) in [6, 6.07) is 0. The zero-order valence-electron chi connectivity index (χ0n) is 5.92. The molecule has 0 aromatic carbocycles. The molecule has 1 rings (SSSR count). The lowest BCUT2D eigenvalue weighted by Gasteiger charge is -2.05. The van der Waals surface area contributed by atoms with Crippen LogP contribution in [-0.2, 0) is 6.54 Å². The number of aliphatic hydroxyl groups excluding tert-OH is 2. The zero-order valence-corrected chi connectivity index (χ0v) is 6.74. The van der Waals surface area contributed by atoms with Crippen LogP contribution in [0, 0.1) is 0 Å². The van der Waals surface area contributed by atoms with Gasteiger partial charge in [-0.1, -0.05) is 0 Å². The number of aliphatic hydroxyl groups is 2. The van der Waals surface area contributed by atoms with Gasteiger partial charge in [-0.3, -0.25) is 0 Å². The molecule has 1 aromatic rings. The van der Waals surface area contributed by atoms with E-state index in [-0.39, 0.29) is 19.0 Å². The van der Waals surface area contributed by atoms with Gasteiger partial charge in [0.2, 0.25) is 0 Å². The summed E-state index contributed by atoms with van der Waals surface area (Å²) in [6.07, 6.45) is 4.27. The fourth-order valence-corrected chi connectivity index (χ4v) is 0.696. The molecule has 0 spiro atoms. The summed E-state index contributed by atoms with van der Waals surface area (Å²) in [7, 11) is 0. The van der Waals surface area contributed by atoms with E-state index in [0.29, 0.717) is 6.54 Å². The van der Waals surface area contributed by atoms with Crippen molar-refractivity contribution in [3.05, 3.63) is 18.7 Å². The van der Waals surface area contributed by atoms with Crippen molar-refractivity contribution in [3.8, 4) is 0 Å². The zero-order chi connectivity index (χ0) is 7.40. The highest BCUT2D eigenvalue weighted by molar-refractivity contribution is 5.85. The summed E-state index contributed by atoms with van der Waals surface area (Å²) in [4.78, 5) is 3.78. The summed E-state index contributed by atoms with van der Waals surface area (Å²) in [6.45, 7) is 0.189. The van der Waals surface area contributed by atoms with Crippen LogP contribution in [0.15, 0.2) is 18.7 Å². The first-order chi connectivity index (χ1) is 4.83. The van der Waals surface area contributed by atoms with Gasteiger partial charge < -0.3 is 14.8 Å². The summed E-state index contributed by atoms with van der Waals surface area (Å²) in [5.74, 6) is 0. The molecular weight excluding hydrogens is 168 g/mol. The molecule has 2 N–H and O–H groups in total. The normalized spacial score (nSPS) is 12.2. The van der Waals surface area contributed by atoms with Gasteiger partial charge in [-0.2, -0.15) is 0 Å². The summed E-state index contributed by atoms with van der Waals surface area (Å²) < 4.78 is 1.71. The minimum atomic E-state index is -0.686. The molecule has 1 atom stereocenters. The van der Waals surface area contributed by atoms with Crippen molar-refractivity contribution < 1.29 is 10.2 Å². The van der Waals surface area contributed by atoms with E-state index in [0.717, 1.165) is 0 Å². The van der Waals surface area contributed by atoms with Crippen molar-refractivity contribution in [3.63, 3.8) is 0 Å². The lowest BCUT2D eigenvalue weighted by Crippen LogP contribution is -2.18. The van der Waals surface area contributed by atoms with Gasteiger partial charge in [0.25, 0.3) is 0 Å². The highest BCUT2D eigenvalue weighted by atomic mass is 35.5. The van der Waals surface area contributed by atoms with Gasteiger partial charge in [-0.15, -0.1) is 12.4 Å². The molecule has 4 nitrogen and oxygen atoms in total. The number of hydrogen-bond acceptors (Lipinski definition) is 3. The van der Waals surface area contributed by atoms with Gasteiger partial charge in [0.15, 0.2) is 0 Å². The molecule has 1 aromatic heterocycles. The molecule has 11 heavy (non-hydrogen) atoms. The third kappa shape index (κ3) is 3.36. The summed E-state index contributed by atoms with van der Waals surface area (Å²) in [5, 5.41) is 17.4. The van der Waals surface area contributed by atoms with Crippen LogP contribution >= 0.6 is 12.4 Å². The highest BCUT2D eigenvalue weighted by Crippen LogP contribution is 1.89. The van der Waals surface area contributed by atoms with Crippen LogP contribution in [0.4, 0.5) is 0 Å². The van der Waals surface area contributed by atoms with Crippen molar-refractivity contribution in [2.45, 2.75) is 12.6 Å². The second-order valence-electron chi connectivity index (χ2n) is 2.10. The van der Waals surface area contributed by atoms with E-state index >= 15 is 0 Å². The minimum absolute atomic E-state index is 0. The molecule has 0 unspecified atom stereocenters. The Morgan fingerprint density at radius 1 is 1.55 bits per heavy atom. The lowest BCUT2D eigenvalue weighted by molar-refractivity contribution is 0.0812. The number of imidazole rings is 1. The Labute approximate surface area is 70.9 Å². The molecular formula is C6H11ClN2O2. The van der Waals surface area contributed by atoms with E-state index in [4.69, 9.17) is 10.2 Å².